The second-order valence-corrected chi connectivity index (χ2v) is 7.95. The van der Waals surface area contributed by atoms with Crippen molar-refractivity contribution in [2.24, 2.45) is 5.92 Å². The fourth-order valence-electron chi connectivity index (χ4n) is 4.80. The van der Waals surface area contributed by atoms with Crippen molar-refractivity contribution in [3.63, 3.8) is 0 Å². The number of hydrogen-bond acceptors (Lipinski definition) is 4. The molecule has 1 amide bonds. The number of nitrogens with one attached hydrogen (secondary N) is 3. The van der Waals surface area contributed by atoms with Gasteiger partial charge in [-0.05, 0) is 56.2 Å². The van der Waals surface area contributed by atoms with E-state index in [-0.39, 0.29) is 18.1 Å². The molecule has 2 aromatic rings. The van der Waals surface area contributed by atoms with Crippen molar-refractivity contribution < 1.29 is 9.53 Å². The molecule has 1 aliphatic carbocycles. The van der Waals surface area contributed by atoms with Crippen molar-refractivity contribution in [3.05, 3.63) is 24.0 Å². The number of rotatable bonds is 3. The lowest BCUT2D eigenvalue weighted by molar-refractivity contribution is -0.117. The summed E-state index contributed by atoms with van der Waals surface area (Å²) in [6, 6.07) is 6.33. The van der Waals surface area contributed by atoms with Gasteiger partial charge in [-0.25, -0.2) is 4.98 Å². The molecule has 0 bridgehead atoms. The first-order valence-corrected chi connectivity index (χ1v) is 9.94. The van der Waals surface area contributed by atoms with E-state index < -0.39 is 0 Å². The van der Waals surface area contributed by atoms with Crippen LogP contribution in [0.2, 0.25) is 0 Å². The number of hydrogen-bond donors (Lipinski definition) is 3. The zero-order chi connectivity index (χ0) is 17.5. The molecule has 3 aliphatic rings. The number of nitrogens with zero attached hydrogens (tertiary/aromatic N) is 1. The minimum atomic E-state index is -0.0667. The number of imidazole rings is 1. The van der Waals surface area contributed by atoms with Crippen LogP contribution < -0.4 is 10.6 Å². The molecular weight excluding hydrogens is 328 g/mol. The summed E-state index contributed by atoms with van der Waals surface area (Å²) >= 11 is 0. The standard InChI is InChI=1S/C20H26N4O2/c25-20(17-10-12-4-1-2-5-14(12)22-17)21-13-7-8-15-16(11-13)24-19(23-15)18-6-3-9-26-18/h7-8,11-12,14,17-18,22H,1-6,9-10H2,(H,21,25)(H,23,24). The number of aromatic nitrogens is 2. The summed E-state index contributed by atoms with van der Waals surface area (Å²) in [5.74, 6) is 1.64. The van der Waals surface area contributed by atoms with Gasteiger partial charge in [0, 0.05) is 18.3 Å². The maximum atomic E-state index is 12.7. The topological polar surface area (TPSA) is 79.0 Å². The van der Waals surface area contributed by atoms with Crippen LogP contribution in [-0.2, 0) is 9.53 Å². The molecule has 1 aromatic heterocycles. The molecule has 3 fully saturated rings. The summed E-state index contributed by atoms with van der Waals surface area (Å²) in [6.45, 7) is 0.805. The van der Waals surface area contributed by atoms with Gasteiger partial charge >= 0.3 is 0 Å². The van der Waals surface area contributed by atoms with Crippen LogP contribution in [-0.4, -0.2) is 34.6 Å². The monoisotopic (exact) mass is 354 g/mol. The number of amides is 1. The van der Waals surface area contributed by atoms with E-state index in [0.29, 0.717) is 12.0 Å². The van der Waals surface area contributed by atoms with Crippen molar-refractivity contribution in [1.29, 1.82) is 0 Å². The zero-order valence-electron chi connectivity index (χ0n) is 15.0. The largest absolute Gasteiger partial charge is 0.370 e. The maximum Gasteiger partial charge on any atom is 0.241 e. The molecule has 3 heterocycles. The van der Waals surface area contributed by atoms with Gasteiger partial charge < -0.3 is 20.4 Å². The SMILES string of the molecule is O=C(Nc1ccc2nc(C3CCCO3)[nH]c2c1)C1CC2CCCCC2N1. The van der Waals surface area contributed by atoms with E-state index in [1.54, 1.807) is 0 Å². The molecule has 4 unspecified atom stereocenters. The Balaban J connectivity index is 1.29. The highest BCUT2D eigenvalue weighted by Gasteiger charge is 2.38. The highest BCUT2D eigenvalue weighted by molar-refractivity contribution is 5.96. The molecular formula is C20H26N4O2. The van der Waals surface area contributed by atoms with E-state index in [2.05, 4.69) is 20.6 Å². The van der Waals surface area contributed by atoms with Gasteiger partial charge in [-0.3, -0.25) is 4.79 Å². The maximum absolute atomic E-state index is 12.7. The second-order valence-electron chi connectivity index (χ2n) is 7.95. The first-order chi connectivity index (χ1) is 12.8. The molecule has 5 rings (SSSR count). The number of benzene rings is 1. The Kier molecular flexibility index (Phi) is 4.17. The average Bonchev–Trinajstić information content (AvgIpc) is 3.38. The lowest BCUT2D eigenvalue weighted by atomic mass is 9.85. The normalized spacial score (nSPS) is 31.2. The first kappa shape index (κ1) is 16.3. The van der Waals surface area contributed by atoms with E-state index >= 15 is 0 Å². The van der Waals surface area contributed by atoms with Gasteiger partial charge in [0.05, 0.1) is 17.1 Å². The summed E-state index contributed by atoms with van der Waals surface area (Å²) in [6.07, 6.45) is 8.19. The van der Waals surface area contributed by atoms with Crippen LogP contribution in [0.15, 0.2) is 18.2 Å². The third-order valence-corrected chi connectivity index (χ3v) is 6.18. The minimum absolute atomic E-state index is 0.0667. The second kappa shape index (κ2) is 6.67. The summed E-state index contributed by atoms with van der Waals surface area (Å²) in [5, 5.41) is 6.63. The van der Waals surface area contributed by atoms with Crippen LogP contribution in [0, 0.1) is 5.92 Å². The van der Waals surface area contributed by atoms with Crippen molar-refractivity contribution in [3.8, 4) is 0 Å². The van der Waals surface area contributed by atoms with Gasteiger partial charge in [0.2, 0.25) is 5.91 Å². The molecule has 2 aliphatic heterocycles. The Bertz CT molecular complexity index is 797. The number of anilines is 1. The van der Waals surface area contributed by atoms with E-state index in [4.69, 9.17) is 4.74 Å². The Morgan fingerprint density at radius 1 is 1.19 bits per heavy atom. The fraction of sp³-hybridized carbons (Fsp3) is 0.600. The Hall–Kier alpha value is -1.92. The van der Waals surface area contributed by atoms with Crippen LogP contribution in [0.3, 0.4) is 0 Å². The lowest BCUT2D eigenvalue weighted by Crippen LogP contribution is -2.39. The van der Waals surface area contributed by atoms with Crippen molar-refractivity contribution in [1.82, 2.24) is 15.3 Å². The summed E-state index contributed by atoms with van der Waals surface area (Å²) in [7, 11) is 0. The fourth-order valence-corrected chi connectivity index (χ4v) is 4.80. The van der Waals surface area contributed by atoms with E-state index in [9.17, 15) is 4.79 Å². The molecule has 6 nitrogen and oxygen atoms in total. The van der Waals surface area contributed by atoms with E-state index in [1.807, 2.05) is 18.2 Å². The van der Waals surface area contributed by atoms with Gasteiger partial charge in [-0.2, -0.15) is 0 Å². The Morgan fingerprint density at radius 3 is 2.96 bits per heavy atom. The van der Waals surface area contributed by atoms with Crippen molar-refractivity contribution in [2.75, 3.05) is 11.9 Å². The molecule has 138 valence electrons. The lowest BCUT2D eigenvalue weighted by Gasteiger charge is -2.24. The minimum Gasteiger partial charge on any atom is -0.370 e. The van der Waals surface area contributed by atoms with Gasteiger partial charge in [-0.15, -0.1) is 0 Å². The highest BCUT2D eigenvalue weighted by Crippen LogP contribution is 2.34. The molecule has 1 saturated carbocycles. The van der Waals surface area contributed by atoms with Gasteiger partial charge in [-0.1, -0.05) is 12.8 Å². The molecule has 0 radical (unpaired) electrons. The third-order valence-electron chi connectivity index (χ3n) is 6.18. The summed E-state index contributed by atoms with van der Waals surface area (Å²) < 4.78 is 5.71. The van der Waals surface area contributed by atoms with E-state index in [0.717, 1.165) is 48.4 Å². The average molecular weight is 354 g/mol. The Labute approximate surface area is 153 Å². The third kappa shape index (κ3) is 3.01. The predicted molar refractivity (Wildman–Crippen MR) is 99.9 cm³/mol. The number of ether oxygens (including phenoxy) is 1. The quantitative estimate of drug-likeness (QED) is 0.790. The number of carbonyl (C=O) groups excluding carboxylic acids is 1. The highest BCUT2D eigenvalue weighted by atomic mass is 16.5. The van der Waals surface area contributed by atoms with Crippen LogP contribution in [0.1, 0.15) is 56.9 Å². The number of aromatic amines is 1. The van der Waals surface area contributed by atoms with Crippen LogP contribution in [0.25, 0.3) is 11.0 Å². The van der Waals surface area contributed by atoms with Crippen molar-refractivity contribution in [2.45, 2.75) is 63.1 Å². The first-order valence-electron chi connectivity index (χ1n) is 9.94. The van der Waals surface area contributed by atoms with Crippen LogP contribution in [0.4, 0.5) is 5.69 Å². The summed E-state index contributed by atoms with van der Waals surface area (Å²) in [5.41, 5.74) is 2.68. The van der Waals surface area contributed by atoms with Crippen LogP contribution in [0.5, 0.6) is 0 Å². The number of H-pyrrole nitrogens is 1. The molecule has 0 spiro atoms. The van der Waals surface area contributed by atoms with Gasteiger partial charge in [0.25, 0.3) is 0 Å². The molecule has 3 N–H and O–H groups in total. The smallest absolute Gasteiger partial charge is 0.241 e. The van der Waals surface area contributed by atoms with Crippen LogP contribution >= 0.6 is 0 Å². The Morgan fingerprint density at radius 2 is 2.12 bits per heavy atom. The molecule has 26 heavy (non-hydrogen) atoms. The zero-order valence-corrected chi connectivity index (χ0v) is 15.0. The molecule has 1 aromatic carbocycles. The molecule has 4 atom stereocenters. The van der Waals surface area contributed by atoms with Crippen molar-refractivity contribution >= 4 is 22.6 Å². The number of carbonyl (C=O) groups is 1. The number of fused-ring (bicyclic) bond motifs is 2. The predicted octanol–water partition coefficient (Wildman–Crippen LogP) is 3.27. The van der Waals surface area contributed by atoms with E-state index in [1.165, 1.54) is 25.7 Å². The van der Waals surface area contributed by atoms with Gasteiger partial charge in [0.1, 0.15) is 11.9 Å². The molecule has 6 heteroatoms. The summed E-state index contributed by atoms with van der Waals surface area (Å²) in [4.78, 5) is 20.7. The molecule has 2 saturated heterocycles. The van der Waals surface area contributed by atoms with Gasteiger partial charge in [0.15, 0.2) is 0 Å².